The number of pyridine rings is 2. The summed E-state index contributed by atoms with van der Waals surface area (Å²) < 4.78 is 0. The van der Waals surface area contributed by atoms with Crippen LogP contribution in [-0.4, -0.2) is 9.97 Å². The lowest BCUT2D eigenvalue weighted by Crippen LogP contribution is -1.90. The van der Waals surface area contributed by atoms with Gasteiger partial charge in [0.25, 0.3) is 0 Å². The van der Waals surface area contributed by atoms with Crippen LogP contribution in [0.4, 0.5) is 0 Å². The molecule has 0 spiro atoms. The Balaban J connectivity index is 2.62. The molecule has 66 valence electrons. The third-order valence-electron chi connectivity index (χ3n) is 2.14. The van der Waals surface area contributed by atoms with Crippen molar-refractivity contribution >= 4 is 11.0 Å². The van der Waals surface area contributed by atoms with E-state index in [1.54, 1.807) is 6.20 Å². The molecule has 2 heteroatoms. The van der Waals surface area contributed by atoms with Gasteiger partial charge in [0.15, 0.2) is 0 Å². The molecule has 0 aromatic carbocycles. The molecule has 0 fully saturated rings. The molecule has 0 atom stereocenters. The zero-order valence-electron chi connectivity index (χ0n) is 7.86. The Hall–Kier alpha value is -1.44. The van der Waals surface area contributed by atoms with E-state index in [0.717, 1.165) is 11.0 Å². The number of aromatic nitrogens is 2. The van der Waals surface area contributed by atoms with Crippen molar-refractivity contribution in [1.29, 1.82) is 0 Å². The van der Waals surface area contributed by atoms with Crippen LogP contribution in [0.3, 0.4) is 0 Å². The fourth-order valence-corrected chi connectivity index (χ4v) is 1.28. The van der Waals surface area contributed by atoms with Gasteiger partial charge in [0.2, 0.25) is 0 Å². The molecule has 0 aliphatic carbocycles. The van der Waals surface area contributed by atoms with Gasteiger partial charge in [-0.3, -0.25) is 9.97 Å². The second-order valence-corrected chi connectivity index (χ2v) is 3.47. The molecule has 0 saturated heterocycles. The molecule has 13 heavy (non-hydrogen) atoms. The molecule has 0 amide bonds. The Bertz CT molecular complexity index is 421. The number of rotatable bonds is 1. The van der Waals surface area contributed by atoms with Crippen LogP contribution in [-0.2, 0) is 0 Å². The van der Waals surface area contributed by atoms with E-state index in [0.29, 0.717) is 5.92 Å². The molecule has 0 saturated carbocycles. The quantitative estimate of drug-likeness (QED) is 0.661. The van der Waals surface area contributed by atoms with E-state index in [4.69, 9.17) is 0 Å². The first-order valence-electron chi connectivity index (χ1n) is 4.48. The summed E-state index contributed by atoms with van der Waals surface area (Å²) >= 11 is 0. The summed E-state index contributed by atoms with van der Waals surface area (Å²) in [4.78, 5) is 8.60. The van der Waals surface area contributed by atoms with Crippen LogP contribution in [0, 0.1) is 0 Å². The van der Waals surface area contributed by atoms with Gasteiger partial charge >= 0.3 is 0 Å². The Morgan fingerprint density at radius 2 is 2.00 bits per heavy atom. The second kappa shape index (κ2) is 3.13. The summed E-state index contributed by atoms with van der Waals surface area (Å²) in [5, 5.41) is 0. The largest absolute Gasteiger partial charge is 0.255 e. The summed E-state index contributed by atoms with van der Waals surface area (Å²) in [6.07, 6.45) is 3.72. The Morgan fingerprint density at radius 3 is 2.77 bits per heavy atom. The highest BCUT2D eigenvalue weighted by atomic mass is 14.7. The van der Waals surface area contributed by atoms with Crippen molar-refractivity contribution in [2.45, 2.75) is 19.8 Å². The molecule has 2 aromatic rings. The zero-order chi connectivity index (χ0) is 9.26. The average Bonchev–Trinajstić information content (AvgIpc) is 2.17. The highest BCUT2D eigenvalue weighted by Crippen LogP contribution is 2.16. The van der Waals surface area contributed by atoms with Crippen molar-refractivity contribution in [3.8, 4) is 0 Å². The molecule has 0 unspecified atom stereocenters. The lowest BCUT2D eigenvalue weighted by molar-refractivity contribution is 0.861. The predicted molar refractivity (Wildman–Crippen MR) is 53.6 cm³/mol. The van der Waals surface area contributed by atoms with E-state index >= 15 is 0 Å². The fourth-order valence-electron chi connectivity index (χ4n) is 1.28. The number of nitrogens with zero attached hydrogens (tertiary/aromatic N) is 2. The zero-order valence-corrected chi connectivity index (χ0v) is 7.86. The molecule has 2 nitrogen and oxygen atoms in total. The monoisotopic (exact) mass is 172 g/mol. The molecule has 2 rings (SSSR count). The van der Waals surface area contributed by atoms with E-state index in [9.17, 15) is 0 Å². The summed E-state index contributed by atoms with van der Waals surface area (Å²) in [6.45, 7) is 4.32. The maximum Gasteiger partial charge on any atom is 0.0889 e. The van der Waals surface area contributed by atoms with Gasteiger partial charge in [-0.25, -0.2) is 0 Å². The highest BCUT2D eigenvalue weighted by Gasteiger charge is 2.01. The number of hydrogen-bond acceptors (Lipinski definition) is 2. The lowest BCUT2D eigenvalue weighted by Gasteiger charge is -2.04. The van der Waals surface area contributed by atoms with Gasteiger partial charge in [0, 0.05) is 12.4 Å². The maximum atomic E-state index is 4.34. The van der Waals surface area contributed by atoms with Gasteiger partial charge in [-0.15, -0.1) is 0 Å². The molecule has 0 N–H and O–H groups in total. The first-order valence-corrected chi connectivity index (χ1v) is 4.48. The summed E-state index contributed by atoms with van der Waals surface area (Å²) in [5.41, 5.74) is 3.19. The van der Waals surface area contributed by atoms with Crippen molar-refractivity contribution in [2.24, 2.45) is 0 Å². The van der Waals surface area contributed by atoms with E-state index in [1.807, 2.05) is 18.3 Å². The minimum Gasteiger partial charge on any atom is -0.255 e. The number of fused-ring (bicyclic) bond motifs is 1. The third kappa shape index (κ3) is 1.52. The topological polar surface area (TPSA) is 25.8 Å². The van der Waals surface area contributed by atoms with Crippen LogP contribution < -0.4 is 0 Å². The molecule has 0 aliphatic rings. The van der Waals surface area contributed by atoms with Crippen molar-refractivity contribution in [3.63, 3.8) is 0 Å². The van der Waals surface area contributed by atoms with Crippen molar-refractivity contribution in [3.05, 3.63) is 36.2 Å². The molecule has 2 aromatic heterocycles. The van der Waals surface area contributed by atoms with Crippen LogP contribution in [0.2, 0.25) is 0 Å². The predicted octanol–water partition coefficient (Wildman–Crippen LogP) is 2.75. The highest BCUT2D eigenvalue weighted by molar-refractivity contribution is 5.74. The molecule has 0 radical (unpaired) electrons. The summed E-state index contributed by atoms with van der Waals surface area (Å²) in [5.74, 6) is 0.513. The van der Waals surface area contributed by atoms with E-state index < -0.39 is 0 Å². The molecule has 2 heterocycles. The standard InChI is InChI=1S/C11H12N2/c1-8(2)9-6-11-10(13-7-9)4-3-5-12-11/h3-8H,1-2H3. The Kier molecular flexibility index (Phi) is 1.97. The second-order valence-electron chi connectivity index (χ2n) is 3.47. The molecule has 0 bridgehead atoms. The van der Waals surface area contributed by atoms with E-state index in [2.05, 4.69) is 29.9 Å². The van der Waals surface area contributed by atoms with Gasteiger partial charge in [0.1, 0.15) is 0 Å². The summed E-state index contributed by atoms with van der Waals surface area (Å²) in [7, 11) is 0. The minimum atomic E-state index is 0.513. The van der Waals surface area contributed by atoms with Crippen LogP contribution in [0.25, 0.3) is 11.0 Å². The maximum absolute atomic E-state index is 4.34. The first-order chi connectivity index (χ1) is 6.27. The summed E-state index contributed by atoms with van der Waals surface area (Å²) in [6, 6.07) is 5.99. The molecular formula is C11H12N2. The van der Waals surface area contributed by atoms with Crippen molar-refractivity contribution < 1.29 is 0 Å². The van der Waals surface area contributed by atoms with Gasteiger partial charge < -0.3 is 0 Å². The lowest BCUT2D eigenvalue weighted by atomic mass is 10.1. The van der Waals surface area contributed by atoms with Gasteiger partial charge in [-0.1, -0.05) is 13.8 Å². The third-order valence-corrected chi connectivity index (χ3v) is 2.14. The van der Waals surface area contributed by atoms with Gasteiger partial charge in [-0.2, -0.15) is 0 Å². The smallest absolute Gasteiger partial charge is 0.0889 e. The number of hydrogen-bond donors (Lipinski definition) is 0. The van der Waals surface area contributed by atoms with Crippen LogP contribution in [0.15, 0.2) is 30.6 Å². The van der Waals surface area contributed by atoms with Gasteiger partial charge in [-0.05, 0) is 29.7 Å². The fraction of sp³-hybridized carbons (Fsp3) is 0.273. The van der Waals surface area contributed by atoms with Gasteiger partial charge in [0.05, 0.1) is 11.0 Å². The Morgan fingerprint density at radius 1 is 1.15 bits per heavy atom. The van der Waals surface area contributed by atoms with E-state index in [-0.39, 0.29) is 0 Å². The van der Waals surface area contributed by atoms with Crippen molar-refractivity contribution in [2.75, 3.05) is 0 Å². The normalized spacial score (nSPS) is 11.0. The first kappa shape index (κ1) is 8.17. The Labute approximate surface area is 77.6 Å². The molecular weight excluding hydrogens is 160 g/mol. The molecule has 0 aliphatic heterocycles. The van der Waals surface area contributed by atoms with Crippen molar-refractivity contribution in [1.82, 2.24) is 9.97 Å². The van der Waals surface area contributed by atoms with E-state index in [1.165, 1.54) is 5.56 Å². The average molecular weight is 172 g/mol. The minimum absolute atomic E-state index is 0.513. The van der Waals surface area contributed by atoms with Crippen LogP contribution in [0.1, 0.15) is 25.3 Å². The SMILES string of the molecule is CC(C)c1cnc2cccnc2c1. The van der Waals surface area contributed by atoms with Crippen LogP contribution >= 0.6 is 0 Å². The van der Waals surface area contributed by atoms with Crippen LogP contribution in [0.5, 0.6) is 0 Å².